The molecular formula is C17H31N3O4. The molecule has 0 aromatic carbocycles. The summed E-state index contributed by atoms with van der Waals surface area (Å²) in [5.41, 5.74) is 3.91. The summed E-state index contributed by atoms with van der Waals surface area (Å²) >= 11 is 0. The van der Waals surface area contributed by atoms with Crippen LogP contribution in [0, 0.1) is 5.92 Å². The van der Waals surface area contributed by atoms with Crippen LogP contribution in [-0.2, 0) is 9.53 Å². The Kier molecular flexibility index (Phi) is 5.75. The highest BCUT2D eigenvalue weighted by atomic mass is 16.6. The summed E-state index contributed by atoms with van der Waals surface area (Å²) < 4.78 is 5.17. The van der Waals surface area contributed by atoms with Crippen molar-refractivity contribution >= 4 is 12.0 Å². The highest BCUT2D eigenvalue weighted by molar-refractivity contribution is 5.78. The fourth-order valence-electron chi connectivity index (χ4n) is 4.05. The molecule has 2 aliphatic rings. The molecule has 2 rings (SSSR count). The van der Waals surface area contributed by atoms with Crippen LogP contribution < -0.4 is 11.1 Å². The van der Waals surface area contributed by atoms with E-state index in [0.29, 0.717) is 25.3 Å². The van der Waals surface area contributed by atoms with Gasteiger partial charge < -0.3 is 20.9 Å². The van der Waals surface area contributed by atoms with Crippen molar-refractivity contribution in [3.8, 4) is 0 Å². The molecule has 1 saturated carbocycles. The van der Waals surface area contributed by atoms with E-state index in [0.717, 1.165) is 32.4 Å². The van der Waals surface area contributed by atoms with Gasteiger partial charge in [0.25, 0.3) is 0 Å². The van der Waals surface area contributed by atoms with E-state index < -0.39 is 17.3 Å². The number of carbonyl (C=O) groups is 2. The molecule has 0 radical (unpaired) electrons. The molecule has 4 N–H and O–H groups in total. The van der Waals surface area contributed by atoms with Gasteiger partial charge in [0.1, 0.15) is 5.60 Å². The lowest BCUT2D eigenvalue weighted by atomic mass is 9.77. The molecular weight excluding hydrogens is 310 g/mol. The van der Waals surface area contributed by atoms with Crippen molar-refractivity contribution in [3.63, 3.8) is 0 Å². The number of hydrogen-bond acceptors (Lipinski definition) is 5. The zero-order chi connectivity index (χ0) is 18.0. The van der Waals surface area contributed by atoms with Crippen molar-refractivity contribution in [2.75, 3.05) is 19.6 Å². The van der Waals surface area contributed by atoms with Crippen molar-refractivity contribution < 1.29 is 19.4 Å². The van der Waals surface area contributed by atoms with Crippen molar-refractivity contribution in [2.45, 2.75) is 70.1 Å². The van der Waals surface area contributed by atoms with Crippen molar-refractivity contribution in [2.24, 2.45) is 11.7 Å². The molecule has 0 aromatic heterocycles. The van der Waals surface area contributed by atoms with Gasteiger partial charge in [-0.3, -0.25) is 9.69 Å². The van der Waals surface area contributed by atoms with Gasteiger partial charge in [-0.1, -0.05) is 0 Å². The Morgan fingerprint density at radius 3 is 2.67 bits per heavy atom. The molecule has 1 atom stereocenters. The summed E-state index contributed by atoms with van der Waals surface area (Å²) in [6, 6.07) is 0.0935. The van der Waals surface area contributed by atoms with E-state index in [1.54, 1.807) is 6.92 Å². The topological polar surface area (TPSA) is 105 Å². The minimum absolute atomic E-state index is 0.0174. The van der Waals surface area contributed by atoms with Crippen LogP contribution in [0.3, 0.4) is 0 Å². The molecule has 1 heterocycles. The standard InChI is InChI=1S/C17H31N3O4/c1-16(2,24-15(18)22)7-12-5-4-6-20(10-12)11-14(21)19-13-8-17(3,23)9-13/h12-13,23H,4-11H2,1-3H3,(H2,18,22)(H,19,21)/t12-,13?,17?/m1/s1. The zero-order valence-corrected chi connectivity index (χ0v) is 15.0. The van der Waals surface area contributed by atoms with Crippen LogP contribution in [0.25, 0.3) is 0 Å². The molecule has 1 aliphatic heterocycles. The Labute approximate surface area is 143 Å². The van der Waals surface area contributed by atoms with Crippen LogP contribution in [0.4, 0.5) is 4.79 Å². The highest BCUT2D eigenvalue weighted by Gasteiger charge is 2.39. The number of primary amides is 1. The predicted molar refractivity (Wildman–Crippen MR) is 90.3 cm³/mol. The fraction of sp³-hybridized carbons (Fsp3) is 0.882. The molecule has 7 heteroatoms. The molecule has 7 nitrogen and oxygen atoms in total. The minimum Gasteiger partial charge on any atom is -0.444 e. The molecule has 2 amide bonds. The van der Waals surface area contributed by atoms with Crippen LogP contribution in [0.1, 0.15) is 52.9 Å². The molecule has 0 aromatic rings. The van der Waals surface area contributed by atoms with Gasteiger partial charge in [-0.25, -0.2) is 4.79 Å². The Morgan fingerprint density at radius 2 is 2.08 bits per heavy atom. The van der Waals surface area contributed by atoms with Gasteiger partial charge in [0.15, 0.2) is 0 Å². The van der Waals surface area contributed by atoms with Gasteiger partial charge in [0.2, 0.25) is 5.91 Å². The van der Waals surface area contributed by atoms with Gasteiger partial charge in [-0.2, -0.15) is 0 Å². The molecule has 138 valence electrons. The van der Waals surface area contributed by atoms with E-state index in [1.165, 1.54) is 0 Å². The summed E-state index contributed by atoms with van der Waals surface area (Å²) in [6.45, 7) is 7.63. The van der Waals surface area contributed by atoms with Crippen LogP contribution in [0.2, 0.25) is 0 Å². The maximum absolute atomic E-state index is 12.1. The first-order valence-electron chi connectivity index (χ1n) is 8.77. The van der Waals surface area contributed by atoms with E-state index >= 15 is 0 Å². The van der Waals surface area contributed by atoms with E-state index in [4.69, 9.17) is 10.5 Å². The van der Waals surface area contributed by atoms with Gasteiger partial charge in [0.05, 0.1) is 12.1 Å². The summed E-state index contributed by atoms with van der Waals surface area (Å²) in [6.07, 6.45) is 3.33. The lowest BCUT2D eigenvalue weighted by Gasteiger charge is -2.41. The summed E-state index contributed by atoms with van der Waals surface area (Å²) in [7, 11) is 0. The molecule has 24 heavy (non-hydrogen) atoms. The van der Waals surface area contributed by atoms with Crippen LogP contribution in [0.5, 0.6) is 0 Å². The van der Waals surface area contributed by atoms with Crippen molar-refractivity contribution in [1.29, 1.82) is 0 Å². The van der Waals surface area contributed by atoms with Crippen molar-refractivity contribution in [1.82, 2.24) is 10.2 Å². The Bertz CT molecular complexity index is 470. The Hall–Kier alpha value is -1.34. The number of nitrogens with zero attached hydrogens (tertiary/aromatic N) is 1. The number of ether oxygens (including phenoxy) is 1. The summed E-state index contributed by atoms with van der Waals surface area (Å²) in [5.74, 6) is 0.397. The number of hydrogen-bond donors (Lipinski definition) is 3. The van der Waals surface area contributed by atoms with Crippen molar-refractivity contribution in [3.05, 3.63) is 0 Å². The Morgan fingerprint density at radius 1 is 1.42 bits per heavy atom. The third-order valence-corrected chi connectivity index (χ3v) is 4.86. The number of piperidine rings is 1. The molecule has 2 fully saturated rings. The summed E-state index contributed by atoms with van der Waals surface area (Å²) in [4.78, 5) is 25.3. The number of aliphatic hydroxyl groups is 1. The smallest absolute Gasteiger partial charge is 0.405 e. The van der Waals surface area contributed by atoms with E-state index in [9.17, 15) is 14.7 Å². The second kappa shape index (κ2) is 7.27. The first-order chi connectivity index (χ1) is 11.0. The SMILES string of the molecule is CC1(O)CC(NC(=O)CN2CCC[C@H](CC(C)(C)OC(N)=O)C2)C1. The van der Waals surface area contributed by atoms with Crippen LogP contribution >= 0.6 is 0 Å². The van der Waals surface area contributed by atoms with Gasteiger partial charge in [-0.15, -0.1) is 0 Å². The normalized spacial score (nSPS) is 31.2. The predicted octanol–water partition coefficient (Wildman–Crippen LogP) is 0.992. The zero-order valence-electron chi connectivity index (χ0n) is 15.0. The summed E-state index contributed by atoms with van der Waals surface area (Å²) in [5, 5.41) is 12.7. The molecule has 0 unspecified atom stereocenters. The lowest BCUT2D eigenvalue weighted by Crippen LogP contribution is -2.55. The number of rotatable bonds is 6. The second-order valence-corrected chi connectivity index (χ2v) is 8.30. The number of likely N-dealkylation sites (tertiary alicyclic amines) is 1. The second-order valence-electron chi connectivity index (χ2n) is 8.30. The van der Waals surface area contributed by atoms with Gasteiger partial charge >= 0.3 is 6.09 Å². The molecule has 1 aliphatic carbocycles. The first-order valence-corrected chi connectivity index (χ1v) is 8.77. The monoisotopic (exact) mass is 341 g/mol. The third-order valence-electron chi connectivity index (χ3n) is 4.86. The maximum Gasteiger partial charge on any atom is 0.405 e. The van der Waals surface area contributed by atoms with E-state index in [-0.39, 0.29) is 11.9 Å². The number of amides is 2. The van der Waals surface area contributed by atoms with Crippen LogP contribution in [-0.4, -0.2) is 58.9 Å². The average molecular weight is 341 g/mol. The molecule has 1 saturated heterocycles. The number of carbonyl (C=O) groups excluding carboxylic acids is 2. The maximum atomic E-state index is 12.1. The van der Waals surface area contributed by atoms with Gasteiger partial charge in [-0.05, 0) is 65.3 Å². The van der Waals surface area contributed by atoms with E-state index in [1.807, 2.05) is 13.8 Å². The minimum atomic E-state index is -0.747. The third kappa shape index (κ3) is 5.94. The first kappa shape index (κ1) is 19.0. The average Bonchev–Trinajstić information content (AvgIpc) is 2.34. The number of nitrogens with two attached hydrogens (primary N) is 1. The molecule has 0 spiro atoms. The van der Waals surface area contributed by atoms with E-state index in [2.05, 4.69) is 10.2 Å². The highest BCUT2D eigenvalue weighted by Crippen LogP contribution is 2.31. The number of nitrogens with one attached hydrogen (secondary N) is 1. The van der Waals surface area contributed by atoms with Gasteiger partial charge in [0, 0.05) is 12.6 Å². The quantitative estimate of drug-likeness (QED) is 0.668. The fourth-order valence-corrected chi connectivity index (χ4v) is 4.05. The Balaban J connectivity index is 1.74. The van der Waals surface area contributed by atoms with Crippen LogP contribution in [0.15, 0.2) is 0 Å². The largest absolute Gasteiger partial charge is 0.444 e. The lowest BCUT2D eigenvalue weighted by molar-refractivity contribution is -0.126. The molecule has 0 bridgehead atoms.